The standard InChI is InChI=1S/C16H25BrN2/c1-3-13-6-4-5-9-19(13)16(11-18)14-8-7-12(2)10-15(14)17/h7-8,10,13,16H,3-6,9,11,18H2,1-2H3. The largest absolute Gasteiger partial charge is 0.329 e. The fraction of sp³-hybridized carbons (Fsp3) is 0.625. The predicted octanol–water partition coefficient (Wildman–Crippen LogP) is 4.02. The molecule has 0 saturated carbocycles. The van der Waals surface area contributed by atoms with Crippen molar-refractivity contribution < 1.29 is 0 Å². The van der Waals surface area contributed by atoms with Gasteiger partial charge in [-0.2, -0.15) is 0 Å². The number of rotatable bonds is 4. The van der Waals surface area contributed by atoms with E-state index in [4.69, 9.17) is 5.73 Å². The van der Waals surface area contributed by atoms with Crippen molar-refractivity contribution in [3.63, 3.8) is 0 Å². The van der Waals surface area contributed by atoms with Gasteiger partial charge in [-0.3, -0.25) is 4.90 Å². The van der Waals surface area contributed by atoms with Gasteiger partial charge in [0.2, 0.25) is 0 Å². The first-order valence-corrected chi connectivity index (χ1v) is 8.18. The van der Waals surface area contributed by atoms with E-state index in [1.54, 1.807) is 0 Å². The van der Waals surface area contributed by atoms with Crippen molar-refractivity contribution in [1.82, 2.24) is 4.90 Å². The number of likely N-dealkylation sites (tertiary alicyclic amines) is 1. The molecule has 2 rings (SSSR count). The molecule has 1 fully saturated rings. The molecule has 2 N–H and O–H groups in total. The van der Waals surface area contributed by atoms with Gasteiger partial charge in [-0.25, -0.2) is 0 Å². The quantitative estimate of drug-likeness (QED) is 0.906. The Morgan fingerprint density at radius 2 is 2.21 bits per heavy atom. The van der Waals surface area contributed by atoms with Crippen LogP contribution in [0.4, 0.5) is 0 Å². The smallest absolute Gasteiger partial charge is 0.0484 e. The van der Waals surface area contributed by atoms with Crippen molar-refractivity contribution in [2.75, 3.05) is 13.1 Å². The SMILES string of the molecule is CCC1CCCCN1C(CN)c1ccc(C)cc1Br. The summed E-state index contributed by atoms with van der Waals surface area (Å²) >= 11 is 3.71. The average molecular weight is 325 g/mol. The Morgan fingerprint density at radius 3 is 2.84 bits per heavy atom. The number of nitrogens with two attached hydrogens (primary N) is 1. The summed E-state index contributed by atoms with van der Waals surface area (Å²) in [6, 6.07) is 7.66. The molecule has 0 amide bonds. The first-order chi connectivity index (χ1) is 9.17. The molecule has 1 aliphatic heterocycles. The van der Waals surface area contributed by atoms with Gasteiger partial charge < -0.3 is 5.73 Å². The van der Waals surface area contributed by atoms with Crippen molar-refractivity contribution in [2.24, 2.45) is 5.73 Å². The Hall–Kier alpha value is -0.380. The fourth-order valence-corrected chi connectivity index (χ4v) is 3.97. The molecule has 2 unspecified atom stereocenters. The second-order valence-corrected chi connectivity index (χ2v) is 6.43. The van der Waals surface area contributed by atoms with E-state index in [0.29, 0.717) is 18.6 Å². The first kappa shape index (κ1) is 15.0. The van der Waals surface area contributed by atoms with E-state index in [1.165, 1.54) is 47.8 Å². The van der Waals surface area contributed by atoms with Crippen LogP contribution in [0, 0.1) is 6.92 Å². The molecule has 0 bridgehead atoms. The lowest BCUT2D eigenvalue weighted by Gasteiger charge is -2.41. The minimum absolute atomic E-state index is 0.347. The van der Waals surface area contributed by atoms with Gasteiger partial charge in [0.05, 0.1) is 0 Å². The van der Waals surface area contributed by atoms with Crippen LogP contribution >= 0.6 is 15.9 Å². The van der Waals surface area contributed by atoms with E-state index >= 15 is 0 Å². The van der Waals surface area contributed by atoms with Gasteiger partial charge in [0.15, 0.2) is 0 Å². The summed E-state index contributed by atoms with van der Waals surface area (Å²) in [5, 5.41) is 0. The molecular formula is C16H25BrN2. The van der Waals surface area contributed by atoms with Crippen LogP contribution in [0.3, 0.4) is 0 Å². The van der Waals surface area contributed by atoms with E-state index in [2.05, 4.69) is 52.9 Å². The van der Waals surface area contributed by atoms with Gasteiger partial charge >= 0.3 is 0 Å². The second kappa shape index (κ2) is 6.87. The van der Waals surface area contributed by atoms with Gasteiger partial charge in [-0.1, -0.05) is 41.4 Å². The molecular weight excluding hydrogens is 300 g/mol. The third-order valence-electron chi connectivity index (χ3n) is 4.28. The maximum Gasteiger partial charge on any atom is 0.0484 e. The Balaban J connectivity index is 2.27. The van der Waals surface area contributed by atoms with E-state index in [-0.39, 0.29) is 0 Å². The molecule has 19 heavy (non-hydrogen) atoms. The summed E-state index contributed by atoms with van der Waals surface area (Å²) in [7, 11) is 0. The Labute approximate surface area is 125 Å². The van der Waals surface area contributed by atoms with Crippen molar-refractivity contribution in [3.05, 3.63) is 33.8 Å². The van der Waals surface area contributed by atoms with Crippen LogP contribution in [-0.4, -0.2) is 24.0 Å². The van der Waals surface area contributed by atoms with Crippen molar-refractivity contribution in [3.8, 4) is 0 Å². The molecule has 1 saturated heterocycles. The maximum atomic E-state index is 6.10. The summed E-state index contributed by atoms with van der Waals surface area (Å²) in [4.78, 5) is 2.62. The number of nitrogens with zero attached hydrogens (tertiary/aromatic N) is 1. The third kappa shape index (κ3) is 3.39. The molecule has 0 radical (unpaired) electrons. The van der Waals surface area contributed by atoms with Gasteiger partial charge in [-0.05, 0) is 49.9 Å². The Bertz CT molecular complexity index is 419. The second-order valence-electron chi connectivity index (χ2n) is 5.57. The Kier molecular flexibility index (Phi) is 5.43. The number of halogens is 1. The summed E-state index contributed by atoms with van der Waals surface area (Å²) in [6.07, 6.45) is 5.20. The fourth-order valence-electron chi connectivity index (χ4n) is 3.22. The van der Waals surface area contributed by atoms with Gasteiger partial charge in [0, 0.05) is 23.1 Å². The highest BCUT2D eigenvalue weighted by Gasteiger charge is 2.28. The van der Waals surface area contributed by atoms with Crippen LogP contribution in [0.1, 0.15) is 49.8 Å². The first-order valence-electron chi connectivity index (χ1n) is 7.39. The maximum absolute atomic E-state index is 6.10. The number of hydrogen-bond acceptors (Lipinski definition) is 2. The van der Waals surface area contributed by atoms with Crippen LogP contribution in [0.5, 0.6) is 0 Å². The zero-order chi connectivity index (χ0) is 13.8. The lowest BCUT2D eigenvalue weighted by atomic mass is 9.94. The summed E-state index contributed by atoms with van der Waals surface area (Å²) < 4.78 is 1.20. The van der Waals surface area contributed by atoms with Crippen molar-refractivity contribution >= 4 is 15.9 Å². The van der Waals surface area contributed by atoms with Gasteiger partial charge in [0.25, 0.3) is 0 Å². The Morgan fingerprint density at radius 1 is 1.42 bits per heavy atom. The predicted molar refractivity (Wildman–Crippen MR) is 85.3 cm³/mol. The van der Waals surface area contributed by atoms with Crippen LogP contribution < -0.4 is 5.73 Å². The average Bonchev–Trinajstić information content (AvgIpc) is 2.42. The minimum Gasteiger partial charge on any atom is -0.329 e. The van der Waals surface area contributed by atoms with E-state index < -0.39 is 0 Å². The summed E-state index contributed by atoms with van der Waals surface area (Å²) in [5.74, 6) is 0. The lowest BCUT2D eigenvalue weighted by molar-refractivity contribution is 0.0946. The van der Waals surface area contributed by atoms with Gasteiger partial charge in [-0.15, -0.1) is 0 Å². The van der Waals surface area contributed by atoms with Crippen molar-refractivity contribution in [2.45, 2.75) is 51.6 Å². The summed E-state index contributed by atoms with van der Waals surface area (Å²) in [6.45, 7) is 6.29. The highest BCUT2D eigenvalue weighted by atomic mass is 79.9. The van der Waals surface area contributed by atoms with Gasteiger partial charge in [0.1, 0.15) is 0 Å². The van der Waals surface area contributed by atoms with Crippen LogP contribution in [-0.2, 0) is 0 Å². The molecule has 106 valence electrons. The zero-order valence-corrected chi connectivity index (χ0v) is 13.6. The lowest BCUT2D eigenvalue weighted by Crippen LogP contribution is -2.44. The normalized spacial score (nSPS) is 22.4. The zero-order valence-electron chi connectivity index (χ0n) is 12.0. The molecule has 3 heteroatoms. The third-order valence-corrected chi connectivity index (χ3v) is 4.97. The molecule has 1 heterocycles. The molecule has 1 aromatic rings. The molecule has 0 aromatic heterocycles. The van der Waals surface area contributed by atoms with E-state index in [9.17, 15) is 0 Å². The van der Waals surface area contributed by atoms with Crippen LogP contribution in [0.2, 0.25) is 0 Å². The monoisotopic (exact) mass is 324 g/mol. The van der Waals surface area contributed by atoms with E-state index in [1.807, 2.05) is 0 Å². The number of benzene rings is 1. The number of piperidine rings is 1. The molecule has 1 aromatic carbocycles. The molecule has 2 atom stereocenters. The topological polar surface area (TPSA) is 29.3 Å². The molecule has 2 nitrogen and oxygen atoms in total. The molecule has 1 aliphatic rings. The van der Waals surface area contributed by atoms with Crippen LogP contribution in [0.25, 0.3) is 0 Å². The highest BCUT2D eigenvalue weighted by molar-refractivity contribution is 9.10. The highest BCUT2D eigenvalue weighted by Crippen LogP contribution is 2.33. The van der Waals surface area contributed by atoms with Crippen molar-refractivity contribution in [1.29, 1.82) is 0 Å². The molecule has 0 spiro atoms. The number of aryl methyl sites for hydroxylation is 1. The van der Waals surface area contributed by atoms with E-state index in [0.717, 1.165) is 0 Å². The van der Waals surface area contributed by atoms with Crippen LogP contribution in [0.15, 0.2) is 22.7 Å². The number of hydrogen-bond donors (Lipinski definition) is 1. The minimum atomic E-state index is 0.347. The summed E-state index contributed by atoms with van der Waals surface area (Å²) in [5.41, 5.74) is 8.73. The molecule has 0 aliphatic carbocycles.